The van der Waals surface area contributed by atoms with E-state index in [0.717, 1.165) is 20.8 Å². The molecule has 0 heterocycles. The van der Waals surface area contributed by atoms with Crippen LogP contribution in [0, 0.1) is 0 Å². The molecule has 0 N–H and O–H groups in total. The van der Waals surface area contributed by atoms with Crippen molar-refractivity contribution in [1.82, 2.24) is 0 Å². The molecule has 0 spiro atoms. The first-order chi connectivity index (χ1) is 13.0. The monoisotopic (exact) mass is 518 g/mol. The van der Waals surface area contributed by atoms with Crippen molar-refractivity contribution in [2.75, 3.05) is 0 Å². The van der Waals surface area contributed by atoms with Gasteiger partial charge in [0, 0.05) is 17.1 Å². The quantitative estimate of drug-likeness (QED) is 0.304. The number of halogens is 9. The van der Waals surface area contributed by atoms with E-state index in [-0.39, 0.29) is 17.1 Å². The van der Waals surface area contributed by atoms with Crippen molar-refractivity contribution in [2.24, 2.45) is 0 Å². The van der Waals surface area contributed by atoms with E-state index >= 15 is 0 Å². The molecule has 0 saturated heterocycles. The van der Waals surface area contributed by atoms with Crippen molar-refractivity contribution < 1.29 is 85.3 Å². The predicted octanol–water partition coefficient (Wildman–Crippen LogP) is 3.29. The van der Waals surface area contributed by atoms with Crippen LogP contribution in [-0.4, -0.2) is 53.2 Å². The molecule has 31 heavy (non-hydrogen) atoms. The van der Waals surface area contributed by atoms with Crippen molar-refractivity contribution in [1.29, 1.82) is 0 Å². The molecule has 0 aliphatic carbocycles. The van der Waals surface area contributed by atoms with E-state index in [9.17, 15) is 68.3 Å². The van der Waals surface area contributed by atoms with Crippen molar-refractivity contribution in [3.8, 4) is 0 Å². The number of Topliss-reactive ketones (excluding diaryl/α,β-unsaturated/α-hetero) is 6. The SMILES string of the molecule is CC(=O)CC(=O)C(F)(F)F.CC(=O)CC(=O)C(F)(F)F.CC(=O)CC(=O)C(F)(F)F.[Fe]. The van der Waals surface area contributed by atoms with E-state index in [1.54, 1.807) is 0 Å². The molecule has 0 aromatic heterocycles. The Morgan fingerprint density at radius 3 is 0.613 bits per heavy atom. The second-order valence-electron chi connectivity index (χ2n) is 5.40. The van der Waals surface area contributed by atoms with Crippen LogP contribution in [-0.2, 0) is 45.8 Å². The third kappa shape index (κ3) is 24.1. The fourth-order valence-electron chi connectivity index (χ4n) is 0.979. The topological polar surface area (TPSA) is 102 Å². The van der Waals surface area contributed by atoms with Crippen molar-refractivity contribution in [3.05, 3.63) is 0 Å². The summed E-state index contributed by atoms with van der Waals surface area (Å²) in [4.78, 5) is 59.7. The van der Waals surface area contributed by atoms with Gasteiger partial charge in [-0.3, -0.25) is 28.8 Å². The summed E-state index contributed by atoms with van der Waals surface area (Å²) in [6.07, 6.45) is -17.8. The fraction of sp³-hybridized carbons (Fsp3) is 0.600. The zero-order valence-corrected chi connectivity index (χ0v) is 16.9. The first kappa shape index (κ1) is 36.3. The molecule has 0 aromatic carbocycles. The van der Waals surface area contributed by atoms with Gasteiger partial charge in [0.1, 0.15) is 17.3 Å². The summed E-state index contributed by atoms with van der Waals surface area (Å²) in [5, 5.41) is 0. The van der Waals surface area contributed by atoms with Gasteiger partial charge >= 0.3 is 18.5 Å². The zero-order valence-electron chi connectivity index (χ0n) is 15.8. The molecule has 0 unspecified atom stereocenters. The van der Waals surface area contributed by atoms with Crippen LogP contribution < -0.4 is 0 Å². The van der Waals surface area contributed by atoms with Crippen LogP contribution >= 0.6 is 0 Å². The number of alkyl halides is 9. The molecule has 6 nitrogen and oxygen atoms in total. The molecule has 182 valence electrons. The van der Waals surface area contributed by atoms with Gasteiger partial charge < -0.3 is 0 Å². The maximum atomic E-state index is 11.3. The van der Waals surface area contributed by atoms with E-state index in [1.165, 1.54) is 0 Å². The molecule has 0 rings (SSSR count). The summed E-state index contributed by atoms with van der Waals surface area (Å²) in [6.45, 7) is 2.80. The van der Waals surface area contributed by atoms with Gasteiger partial charge in [-0.15, -0.1) is 0 Å². The van der Waals surface area contributed by atoms with E-state index in [1.807, 2.05) is 0 Å². The van der Waals surface area contributed by atoms with Gasteiger partial charge in [-0.1, -0.05) is 0 Å². The van der Waals surface area contributed by atoms with Crippen LogP contribution in [0.2, 0.25) is 0 Å². The molecule has 0 bridgehead atoms. The van der Waals surface area contributed by atoms with Crippen LogP contribution in [0.25, 0.3) is 0 Å². The Hall–Kier alpha value is -2.09. The molecule has 16 heteroatoms. The molecule has 0 atom stereocenters. The molecule has 0 fully saturated rings. The van der Waals surface area contributed by atoms with E-state index in [2.05, 4.69) is 0 Å². The normalized spacial score (nSPS) is 10.8. The molecule has 0 amide bonds. The molecular weight excluding hydrogens is 503 g/mol. The van der Waals surface area contributed by atoms with Gasteiger partial charge in [-0.25, -0.2) is 0 Å². The maximum absolute atomic E-state index is 11.3. The van der Waals surface area contributed by atoms with Gasteiger partial charge in [-0.2, -0.15) is 39.5 Å². The van der Waals surface area contributed by atoms with Gasteiger partial charge in [0.15, 0.2) is 0 Å². The van der Waals surface area contributed by atoms with Crippen LogP contribution in [0.4, 0.5) is 39.5 Å². The second kappa shape index (κ2) is 14.8. The summed E-state index contributed by atoms with van der Waals surface area (Å²) >= 11 is 0. The largest absolute Gasteiger partial charge is 0.450 e. The third-order valence-corrected chi connectivity index (χ3v) is 2.18. The number of ketones is 6. The summed E-state index contributed by atoms with van der Waals surface area (Å²) < 4.78 is 102. The second-order valence-corrected chi connectivity index (χ2v) is 5.40. The number of hydrogen-bond donors (Lipinski definition) is 0. The molecule has 0 aromatic rings. The van der Waals surface area contributed by atoms with Gasteiger partial charge in [0.25, 0.3) is 0 Å². The Bertz CT molecular complexity index is 573. The number of carbonyl (C=O) groups is 6. The molecule has 0 saturated carbocycles. The predicted molar refractivity (Wildman–Crippen MR) is 79.1 cm³/mol. The van der Waals surface area contributed by atoms with E-state index in [0.29, 0.717) is 0 Å². The van der Waals surface area contributed by atoms with Gasteiger partial charge in [0.2, 0.25) is 17.3 Å². The maximum Gasteiger partial charge on any atom is 0.450 e. The minimum Gasteiger partial charge on any atom is -0.300 e. The fourth-order valence-corrected chi connectivity index (χ4v) is 0.979. The number of rotatable bonds is 6. The van der Waals surface area contributed by atoms with E-state index < -0.39 is 72.5 Å². The summed E-state index contributed by atoms with van der Waals surface area (Å²) in [7, 11) is 0. The molecule has 0 radical (unpaired) electrons. The van der Waals surface area contributed by atoms with Crippen LogP contribution in [0.1, 0.15) is 40.0 Å². The van der Waals surface area contributed by atoms with Crippen LogP contribution in [0.3, 0.4) is 0 Å². The number of carbonyl (C=O) groups excluding carboxylic acids is 6. The van der Waals surface area contributed by atoms with Crippen LogP contribution in [0.15, 0.2) is 0 Å². The summed E-state index contributed by atoms with van der Waals surface area (Å²) in [6, 6.07) is 0. The van der Waals surface area contributed by atoms with Crippen LogP contribution in [0.5, 0.6) is 0 Å². The number of hydrogen-bond acceptors (Lipinski definition) is 6. The van der Waals surface area contributed by atoms with Crippen molar-refractivity contribution >= 4 is 34.7 Å². The van der Waals surface area contributed by atoms with Crippen molar-refractivity contribution in [3.63, 3.8) is 0 Å². The average molecular weight is 518 g/mol. The molecular formula is C15H15F9FeO6. The standard InChI is InChI=1S/3C5H5F3O2.Fe/c3*1-3(9)2-4(10)5(6,7)8;/h3*2H2,1H3;. The Labute approximate surface area is 179 Å². The minimum absolute atomic E-state index is 0. The van der Waals surface area contributed by atoms with Gasteiger partial charge in [0.05, 0.1) is 19.3 Å². The first-order valence-corrected chi connectivity index (χ1v) is 7.30. The Morgan fingerprint density at radius 1 is 0.452 bits per heavy atom. The summed E-state index contributed by atoms with van der Waals surface area (Å²) in [5.41, 5.74) is 0. The Kier molecular flexibility index (Phi) is 17.4. The van der Waals surface area contributed by atoms with E-state index in [4.69, 9.17) is 0 Å². The smallest absolute Gasteiger partial charge is 0.300 e. The average Bonchev–Trinajstić information content (AvgIpc) is 2.43. The third-order valence-electron chi connectivity index (χ3n) is 2.18. The summed E-state index contributed by atoms with van der Waals surface area (Å²) in [5.74, 6) is -8.29. The van der Waals surface area contributed by atoms with Crippen molar-refractivity contribution in [2.45, 2.75) is 58.6 Å². The molecule has 0 aliphatic heterocycles. The first-order valence-electron chi connectivity index (χ1n) is 7.30. The minimum atomic E-state index is -4.87. The molecule has 0 aliphatic rings. The Balaban J connectivity index is -0.000000174. The Morgan fingerprint density at radius 2 is 0.581 bits per heavy atom. The van der Waals surface area contributed by atoms with Gasteiger partial charge in [-0.05, 0) is 20.8 Å². The zero-order chi connectivity index (χ0) is 25.1.